The number of nitrogens with zero attached hydrogens (tertiary/aromatic N) is 1. The standard InChI is InChI=1S/C16H24ClNO2/c1-18(13-5-3-4-12-17)16(19)11-8-14-6-9-15(20-2)10-7-14/h6-7,9-10H,3-5,8,11-13H2,1-2H3. The van der Waals surface area contributed by atoms with Crippen molar-refractivity contribution >= 4 is 17.5 Å². The molecule has 1 amide bonds. The maximum Gasteiger partial charge on any atom is 0.222 e. The zero-order valence-electron chi connectivity index (χ0n) is 12.4. The van der Waals surface area contributed by atoms with Gasteiger partial charge in [0.05, 0.1) is 7.11 Å². The minimum absolute atomic E-state index is 0.201. The first-order valence-corrected chi connectivity index (χ1v) is 7.63. The summed E-state index contributed by atoms with van der Waals surface area (Å²) in [6, 6.07) is 7.87. The van der Waals surface area contributed by atoms with Crippen LogP contribution in [0.1, 0.15) is 31.2 Å². The summed E-state index contributed by atoms with van der Waals surface area (Å²) in [5, 5.41) is 0. The molecule has 1 aromatic rings. The Morgan fingerprint density at radius 2 is 1.90 bits per heavy atom. The van der Waals surface area contributed by atoms with E-state index in [0.29, 0.717) is 12.3 Å². The van der Waals surface area contributed by atoms with E-state index in [2.05, 4.69) is 0 Å². The first-order chi connectivity index (χ1) is 9.67. The van der Waals surface area contributed by atoms with Gasteiger partial charge in [-0.15, -0.1) is 11.6 Å². The lowest BCUT2D eigenvalue weighted by molar-refractivity contribution is -0.129. The zero-order valence-corrected chi connectivity index (χ0v) is 13.2. The fourth-order valence-corrected chi connectivity index (χ4v) is 2.17. The van der Waals surface area contributed by atoms with E-state index in [4.69, 9.17) is 16.3 Å². The fraction of sp³-hybridized carbons (Fsp3) is 0.562. The lowest BCUT2D eigenvalue weighted by Gasteiger charge is -2.17. The molecule has 0 aromatic heterocycles. The van der Waals surface area contributed by atoms with Crippen molar-refractivity contribution < 1.29 is 9.53 Å². The van der Waals surface area contributed by atoms with Crippen molar-refractivity contribution in [3.63, 3.8) is 0 Å². The molecule has 0 N–H and O–H groups in total. The smallest absolute Gasteiger partial charge is 0.222 e. The number of benzene rings is 1. The third-order valence-corrected chi connectivity index (χ3v) is 3.61. The predicted molar refractivity (Wildman–Crippen MR) is 83.5 cm³/mol. The van der Waals surface area contributed by atoms with Crippen LogP contribution < -0.4 is 4.74 Å². The third kappa shape index (κ3) is 6.29. The van der Waals surface area contributed by atoms with Crippen molar-refractivity contribution in [3.05, 3.63) is 29.8 Å². The number of rotatable bonds is 9. The summed E-state index contributed by atoms with van der Waals surface area (Å²) >= 11 is 5.63. The number of alkyl halides is 1. The average Bonchev–Trinajstić information content (AvgIpc) is 2.49. The summed E-state index contributed by atoms with van der Waals surface area (Å²) in [5.41, 5.74) is 1.16. The number of hydrogen-bond acceptors (Lipinski definition) is 2. The van der Waals surface area contributed by atoms with Gasteiger partial charge < -0.3 is 9.64 Å². The van der Waals surface area contributed by atoms with E-state index in [-0.39, 0.29) is 5.91 Å². The molecule has 4 heteroatoms. The van der Waals surface area contributed by atoms with E-state index in [0.717, 1.165) is 43.5 Å². The van der Waals surface area contributed by atoms with Gasteiger partial charge in [0.25, 0.3) is 0 Å². The largest absolute Gasteiger partial charge is 0.497 e. The highest BCUT2D eigenvalue weighted by Crippen LogP contribution is 2.13. The summed E-state index contributed by atoms with van der Waals surface area (Å²) in [6.45, 7) is 0.818. The molecule has 0 aliphatic heterocycles. The van der Waals surface area contributed by atoms with E-state index in [1.54, 1.807) is 7.11 Å². The number of carbonyl (C=O) groups is 1. The summed E-state index contributed by atoms with van der Waals surface area (Å²) in [6.07, 6.45) is 4.46. The lowest BCUT2D eigenvalue weighted by Crippen LogP contribution is -2.27. The molecular weight excluding hydrogens is 274 g/mol. The van der Waals surface area contributed by atoms with Crippen molar-refractivity contribution in [2.75, 3.05) is 26.6 Å². The van der Waals surface area contributed by atoms with Crippen LogP contribution in [-0.4, -0.2) is 37.4 Å². The number of unbranched alkanes of at least 4 members (excludes halogenated alkanes) is 2. The number of methoxy groups -OCH3 is 1. The van der Waals surface area contributed by atoms with Crippen LogP contribution in [0, 0.1) is 0 Å². The highest BCUT2D eigenvalue weighted by molar-refractivity contribution is 6.17. The minimum atomic E-state index is 0.201. The summed E-state index contributed by atoms with van der Waals surface area (Å²) in [4.78, 5) is 13.8. The van der Waals surface area contributed by atoms with Crippen LogP contribution in [0.5, 0.6) is 5.75 Å². The topological polar surface area (TPSA) is 29.5 Å². The summed E-state index contributed by atoms with van der Waals surface area (Å²) in [7, 11) is 3.52. The van der Waals surface area contributed by atoms with E-state index in [1.807, 2.05) is 36.2 Å². The second-order valence-electron chi connectivity index (χ2n) is 4.91. The second kappa shape index (κ2) is 9.65. The van der Waals surface area contributed by atoms with Crippen molar-refractivity contribution in [1.82, 2.24) is 4.90 Å². The maximum absolute atomic E-state index is 12.0. The second-order valence-corrected chi connectivity index (χ2v) is 5.29. The first kappa shape index (κ1) is 16.8. The van der Waals surface area contributed by atoms with Crippen molar-refractivity contribution in [2.45, 2.75) is 32.1 Å². The quantitative estimate of drug-likeness (QED) is 0.516. The van der Waals surface area contributed by atoms with Crippen LogP contribution in [0.15, 0.2) is 24.3 Å². The Morgan fingerprint density at radius 1 is 1.20 bits per heavy atom. The van der Waals surface area contributed by atoms with Gasteiger partial charge in [0.15, 0.2) is 0 Å². The Kier molecular flexibility index (Phi) is 8.12. The molecule has 0 radical (unpaired) electrons. The van der Waals surface area contributed by atoms with Gasteiger partial charge in [0.2, 0.25) is 5.91 Å². The molecule has 0 atom stereocenters. The van der Waals surface area contributed by atoms with Crippen LogP contribution in [0.3, 0.4) is 0 Å². The third-order valence-electron chi connectivity index (χ3n) is 3.34. The molecule has 0 saturated heterocycles. The van der Waals surface area contributed by atoms with Crippen LogP contribution in [0.25, 0.3) is 0 Å². The van der Waals surface area contributed by atoms with E-state index in [9.17, 15) is 4.79 Å². The molecule has 0 saturated carbocycles. The van der Waals surface area contributed by atoms with Crippen molar-refractivity contribution in [3.8, 4) is 5.75 Å². The van der Waals surface area contributed by atoms with Gasteiger partial charge >= 0.3 is 0 Å². The normalized spacial score (nSPS) is 10.3. The minimum Gasteiger partial charge on any atom is -0.497 e. The van der Waals surface area contributed by atoms with Gasteiger partial charge in [0, 0.05) is 25.9 Å². The van der Waals surface area contributed by atoms with E-state index >= 15 is 0 Å². The van der Waals surface area contributed by atoms with Gasteiger partial charge in [-0.05, 0) is 37.0 Å². The van der Waals surface area contributed by atoms with Crippen LogP contribution >= 0.6 is 11.6 Å². The number of hydrogen-bond donors (Lipinski definition) is 0. The Balaban J connectivity index is 2.27. The average molecular weight is 298 g/mol. The number of halogens is 1. The van der Waals surface area contributed by atoms with Crippen LogP contribution in [-0.2, 0) is 11.2 Å². The molecule has 0 aliphatic carbocycles. The highest BCUT2D eigenvalue weighted by Gasteiger charge is 2.08. The molecule has 3 nitrogen and oxygen atoms in total. The van der Waals surface area contributed by atoms with Gasteiger partial charge in [-0.1, -0.05) is 18.6 Å². The first-order valence-electron chi connectivity index (χ1n) is 7.10. The lowest BCUT2D eigenvalue weighted by atomic mass is 10.1. The summed E-state index contributed by atoms with van der Waals surface area (Å²) in [5.74, 6) is 1.75. The molecular formula is C16H24ClNO2. The highest BCUT2D eigenvalue weighted by atomic mass is 35.5. The molecule has 1 aromatic carbocycles. The molecule has 112 valence electrons. The molecule has 0 aliphatic rings. The SMILES string of the molecule is COc1ccc(CCC(=O)N(C)CCCCCCl)cc1. The molecule has 1 rings (SSSR count). The van der Waals surface area contributed by atoms with Crippen LogP contribution in [0.2, 0.25) is 0 Å². The Morgan fingerprint density at radius 3 is 2.50 bits per heavy atom. The molecule has 0 heterocycles. The Labute approximate surface area is 126 Å². The van der Waals surface area contributed by atoms with Gasteiger partial charge in [-0.2, -0.15) is 0 Å². The molecule has 0 unspecified atom stereocenters. The van der Waals surface area contributed by atoms with Crippen LogP contribution in [0.4, 0.5) is 0 Å². The number of carbonyl (C=O) groups excluding carboxylic acids is 1. The molecule has 0 bridgehead atoms. The molecule has 20 heavy (non-hydrogen) atoms. The van der Waals surface area contributed by atoms with Crippen molar-refractivity contribution in [1.29, 1.82) is 0 Å². The van der Waals surface area contributed by atoms with E-state index in [1.165, 1.54) is 0 Å². The zero-order chi connectivity index (χ0) is 14.8. The monoisotopic (exact) mass is 297 g/mol. The Bertz CT molecular complexity index is 392. The van der Waals surface area contributed by atoms with Gasteiger partial charge in [0.1, 0.15) is 5.75 Å². The number of ether oxygens (including phenoxy) is 1. The van der Waals surface area contributed by atoms with Gasteiger partial charge in [-0.25, -0.2) is 0 Å². The fourth-order valence-electron chi connectivity index (χ4n) is 1.98. The molecule has 0 fully saturated rings. The predicted octanol–water partition coefficient (Wildman–Crippen LogP) is 3.50. The number of aryl methyl sites for hydroxylation is 1. The van der Waals surface area contributed by atoms with E-state index < -0.39 is 0 Å². The number of amides is 1. The van der Waals surface area contributed by atoms with Gasteiger partial charge in [-0.3, -0.25) is 4.79 Å². The maximum atomic E-state index is 12.0. The van der Waals surface area contributed by atoms with Crippen molar-refractivity contribution in [2.24, 2.45) is 0 Å². The molecule has 0 spiro atoms. The Hall–Kier alpha value is -1.22. The summed E-state index contributed by atoms with van der Waals surface area (Å²) < 4.78 is 5.11.